The average Bonchev–Trinajstić information content (AvgIpc) is 2.60. The van der Waals surface area contributed by atoms with Crippen LogP contribution in [-0.2, 0) is 13.5 Å². The molecule has 6 heteroatoms. The van der Waals surface area contributed by atoms with E-state index in [0.717, 1.165) is 12.1 Å². The lowest BCUT2D eigenvalue weighted by Gasteiger charge is -2.10. The Hall–Kier alpha value is -1.56. The summed E-state index contributed by atoms with van der Waals surface area (Å²) in [4.78, 5) is 0. The van der Waals surface area contributed by atoms with Crippen LogP contribution in [0.15, 0.2) is 22.7 Å². The first-order valence-corrected chi connectivity index (χ1v) is 6.36. The summed E-state index contributed by atoms with van der Waals surface area (Å²) in [6.45, 7) is 1.97. The van der Waals surface area contributed by atoms with Crippen molar-refractivity contribution in [2.45, 2.75) is 13.3 Å². The first-order valence-electron chi connectivity index (χ1n) is 5.57. The molecule has 0 aliphatic carbocycles. The highest BCUT2D eigenvalue weighted by Gasteiger charge is 2.15. The molecule has 0 spiro atoms. The molecule has 0 fully saturated rings. The van der Waals surface area contributed by atoms with E-state index < -0.39 is 0 Å². The molecular formula is C12H14BrFN4. The number of hydrogen-bond acceptors (Lipinski definition) is 3. The van der Waals surface area contributed by atoms with Gasteiger partial charge in [-0.2, -0.15) is 5.10 Å². The molecule has 2 aromatic rings. The third kappa shape index (κ3) is 2.20. The number of aromatic nitrogens is 2. The van der Waals surface area contributed by atoms with Crippen molar-refractivity contribution < 1.29 is 4.39 Å². The first-order chi connectivity index (χ1) is 8.54. The van der Waals surface area contributed by atoms with Gasteiger partial charge in [0.05, 0.1) is 17.1 Å². The van der Waals surface area contributed by atoms with Crippen molar-refractivity contribution in [2.24, 2.45) is 7.05 Å². The van der Waals surface area contributed by atoms with Crippen LogP contribution >= 0.6 is 15.9 Å². The second-order valence-corrected chi connectivity index (χ2v) is 4.76. The van der Waals surface area contributed by atoms with Gasteiger partial charge in [0.2, 0.25) is 0 Å². The van der Waals surface area contributed by atoms with Crippen LogP contribution in [-0.4, -0.2) is 9.78 Å². The molecule has 0 aliphatic heterocycles. The number of nitrogen functional groups attached to an aromatic ring is 1. The second kappa shape index (κ2) is 4.97. The Balaban J connectivity index is 2.43. The van der Waals surface area contributed by atoms with Crippen molar-refractivity contribution in [3.8, 4) is 0 Å². The molecule has 0 atom stereocenters. The molecule has 0 aliphatic rings. The van der Waals surface area contributed by atoms with Gasteiger partial charge in [0.1, 0.15) is 5.82 Å². The molecule has 0 amide bonds. The summed E-state index contributed by atoms with van der Waals surface area (Å²) < 4.78 is 16.0. The van der Waals surface area contributed by atoms with E-state index in [-0.39, 0.29) is 5.82 Å². The van der Waals surface area contributed by atoms with Crippen LogP contribution < -0.4 is 11.1 Å². The smallest absolute Gasteiger partial charge is 0.152 e. The van der Waals surface area contributed by atoms with Crippen LogP contribution in [0.25, 0.3) is 0 Å². The van der Waals surface area contributed by atoms with Crippen LogP contribution in [0.1, 0.15) is 12.6 Å². The Morgan fingerprint density at radius 3 is 2.78 bits per heavy atom. The summed E-state index contributed by atoms with van der Waals surface area (Å²) in [6.07, 6.45) is 0.736. The van der Waals surface area contributed by atoms with Crippen LogP contribution in [0.4, 0.5) is 21.6 Å². The van der Waals surface area contributed by atoms with Crippen molar-refractivity contribution in [2.75, 3.05) is 11.1 Å². The maximum atomic E-state index is 13.7. The fraction of sp³-hybridized carbons (Fsp3) is 0.250. The Bertz CT molecular complexity index is 559. The summed E-state index contributed by atoms with van der Waals surface area (Å²) in [6, 6.07) is 4.79. The van der Waals surface area contributed by atoms with E-state index in [1.54, 1.807) is 23.9 Å². The van der Waals surface area contributed by atoms with E-state index in [4.69, 9.17) is 5.73 Å². The van der Waals surface area contributed by atoms with E-state index in [0.29, 0.717) is 21.7 Å². The summed E-state index contributed by atoms with van der Waals surface area (Å²) in [7, 11) is 1.77. The molecule has 3 N–H and O–H groups in total. The molecule has 0 saturated heterocycles. The monoisotopic (exact) mass is 312 g/mol. The van der Waals surface area contributed by atoms with E-state index in [2.05, 4.69) is 26.3 Å². The Kier molecular flexibility index (Phi) is 3.56. The quantitative estimate of drug-likeness (QED) is 0.915. The molecule has 1 aromatic carbocycles. The lowest BCUT2D eigenvalue weighted by Crippen LogP contribution is -2.03. The van der Waals surface area contributed by atoms with Crippen molar-refractivity contribution >= 4 is 33.1 Å². The molecule has 96 valence electrons. The van der Waals surface area contributed by atoms with Gasteiger partial charge in [0.25, 0.3) is 0 Å². The number of para-hydroxylation sites is 1. The third-order valence-corrected chi connectivity index (χ3v) is 3.36. The van der Waals surface area contributed by atoms with Gasteiger partial charge in [-0.15, -0.1) is 0 Å². The van der Waals surface area contributed by atoms with Crippen molar-refractivity contribution in [1.29, 1.82) is 0 Å². The largest absolute Gasteiger partial charge is 0.394 e. The maximum absolute atomic E-state index is 13.7. The predicted octanol–water partition coefficient (Wildman–Crippen LogP) is 3.21. The number of nitrogens with zero attached hydrogens (tertiary/aromatic N) is 2. The number of nitrogens with two attached hydrogens (primary N) is 1. The zero-order chi connectivity index (χ0) is 13.3. The average molecular weight is 313 g/mol. The van der Waals surface area contributed by atoms with Gasteiger partial charge in [0.15, 0.2) is 5.82 Å². The lowest BCUT2D eigenvalue weighted by molar-refractivity contribution is 0.630. The molecule has 0 radical (unpaired) electrons. The zero-order valence-electron chi connectivity index (χ0n) is 10.2. The molecule has 18 heavy (non-hydrogen) atoms. The third-order valence-electron chi connectivity index (χ3n) is 2.70. The van der Waals surface area contributed by atoms with Gasteiger partial charge < -0.3 is 11.1 Å². The number of nitrogens with one attached hydrogen (secondary N) is 1. The summed E-state index contributed by atoms with van der Waals surface area (Å²) >= 11 is 3.30. The fourth-order valence-electron chi connectivity index (χ4n) is 1.74. The highest BCUT2D eigenvalue weighted by atomic mass is 79.9. The minimum atomic E-state index is -0.344. The molecule has 2 rings (SSSR count). The van der Waals surface area contributed by atoms with Crippen molar-refractivity contribution in [3.63, 3.8) is 0 Å². The topological polar surface area (TPSA) is 55.9 Å². The standard InChI is InChI=1S/C12H14BrFN4/c1-3-9-10(15)12(18(2)17-9)16-11-7(13)5-4-6-8(11)14/h4-6,16H,3,15H2,1-2H3. The molecule has 1 heterocycles. The van der Waals surface area contributed by atoms with E-state index in [1.165, 1.54) is 6.07 Å². The Labute approximate surface area is 113 Å². The Morgan fingerprint density at radius 2 is 2.22 bits per heavy atom. The van der Waals surface area contributed by atoms with Crippen molar-refractivity contribution in [1.82, 2.24) is 9.78 Å². The normalized spacial score (nSPS) is 10.7. The summed E-state index contributed by atoms with van der Waals surface area (Å²) in [5.74, 6) is 0.251. The minimum absolute atomic E-state index is 0.344. The number of rotatable bonds is 3. The van der Waals surface area contributed by atoms with Gasteiger partial charge in [-0.1, -0.05) is 13.0 Å². The summed E-state index contributed by atoms with van der Waals surface area (Å²) in [5, 5.41) is 7.26. The molecule has 0 unspecified atom stereocenters. The van der Waals surface area contributed by atoms with Gasteiger partial charge in [-0.05, 0) is 34.5 Å². The molecule has 0 saturated carbocycles. The number of halogens is 2. The minimum Gasteiger partial charge on any atom is -0.394 e. The summed E-state index contributed by atoms with van der Waals surface area (Å²) in [5.41, 5.74) is 7.69. The SMILES string of the molecule is CCc1nn(C)c(Nc2c(F)cccc2Br)c1N. The molecule has 4 nitrogen and oxygen atoms in total. The number of aryl methyl sites for hydroxylation is 2. The van der Waals surface area contributed by atoms with Gasteiger partial charge in [-0.25, -0.2) is 4.39 Å². The number of benzene rings is 1. The van der Waals surface area contributed by atoms with E-state index in [1.807, 2.05) is 6.92 Å². The van der Waals surface area contributed by atoms with Gasteiger partial charge in [-0.3, -0.25) is 4.68 Å². The lowest BCUT2D eigenvalue weighted by atomic mass is 10.2. The predicted molar refractivity (Wildman–Crippen MR) is 74.4 cm³/mol. The number of hydrogen-bond donors (Lipinski definition) is 2. The van der Waals surface area contributed by atoms with Crippen LogP contribution in [0.2, 0.25) is 0 Å². The van der Waals surface area contributed by atoms with E-state index >= 15 is 0 Å². The van der Waals surface area contributed by atoms with Gasteiger partial charge >= 0.3 is 0 Å². The van der Waals surface area contributed by atoms with Crippen molar-refractivity contribution in [3.05, 3.63) is 34.2 Å². The molecule has 1 aromatic heterocycles. The molecular weight excluding hydrogens is 299 g/mol. The fourth-order valence-corrected chi connectivity index (χ4v) is 2.18. The Morgan fingerprint density at radius 1 is 1.50 bits per heavy atom. The zero-order valence-corrected chi connectivity index (χ0v) is 11.8. The van der Waals surface area contributed by atoms with Gasteiger partial charge in [0, 0.05) is 11.5 Å². The molecule has 0 bridgehead atoms. The highest BCUT2D eigenvalue weighted by Crippen LogP contribution is 2.31. The van der Waals surface area contributed by atoms with Crippen LogP contribution in [0.3, 0.4) is 0 Å². The van der Waals surface area contributed by atoms with Crippen LogP contribution in [0, 0.1) is 5.82 Å². The highest BCUT2D eigenvalue weighted by molar-refractivity contribution is 9.10. The van der Waals surface area contributed by atoms with E-state index in [9.17, 15) is 4.39 Å². The maximum Gasteiger partial charge on any atom is 0.152 e. The second-order valence-electron chi connectivity index (χ2n) is 3.91. The number of anilines is 3. The van der Waals surface area contributed by atoms with Crippen LogP contribution in [0.5, 0.6) is 0 Å². The first kappa shape index (κ1) is 12.9.